The van der Waals surface area contributed by atoms with E-state index in [2.05, 4.69) is 4.98 Å². The Bertz CT molecular complexity index is 340. The molecule has 0 bridgehead atoms. The summed E-state index contributed by atoms with van der Waals surface area (Å²) in [5.74, 6) is 0.180. The number of anilines is 1. The van der Waals surface area contributed by atoms with E-state index in [1.54, 1.807) is 12.1 Å². The van der Waals surface area contributed by atoms with E-state index in [9.17, 15) is 4.39 Å². The Labute approximate surface area is 94.9 Å². The smallest absolute Gasteiger partial charge is 0.214 e. The highest BCUT2D eigenvalue weighted by molar-refractivity contribution is 5.39. The van der Waals surface area contributed by atoms with Gasteiger partial charge in [-0.3, -0.25) is 0 Å². The van der Waals surface area contributed by atoms with Crippen molar-refractivity contribution in [3.63, 3.8) is 0 Å². The van der Waals surface area contributed by atoms with Crippen LogP contribution >= 0.6 is 0 Å². The summed E-state index contributed by atoms with van der Waals surface area (Å²) in [4.78, 5) is 5.91. The van der Waals surface area contributed by atoms with E-state index in [0.29, 0.717) is 18.4 Å². The molecule has 0 aromatic carbocycles. The Morgan fingerprint density at radius 1 is 1.38 bits per heavy atom. The van der Waals surface area contributed by atoms with Crippen LogP contribution in [0.3, 0.4) is 0 Å². The van der Waals surface area contributed by atoms with E-state index < -0.39 is 5.95 Å². The zero-order chi connectivity index (χ0) is 11.4. The van der Waals surface area contributed by atoms with Crippen molar-refractivity contribution in [3.05, 3.63) is 24.1 Å². The van der Waals surface area contributed by atoms with Crippen LogP contribution in [0.25, 0.3) is 0 Å². The first-order valence-electron chi connectivity index (χ1n) is 5.81. The predicted molar refractivity (Wildman–Crippen MR) is 60.9 cm³/mol. The summed E-state index contributed by atoms with van der Waals surface area (Å²) >= 11 is 0. The molecule has 88 valence electrons. The molecular weight excluding hydrogens is 207 g/mol. The molecule has 1 heterocycles. The summed E-state index contributed by atoms with van der Waals surface area (Å²) in [5.41, 5.74) is 0. The molecule has 0 aliphatic heterocycles. The zero-order valence-corrected chi connectivity index (χ0v) is 9.27. The molecule has 0 spiro atoms. The molecule has 0 radical (unpaired) electrons. The van der Waals surface area contributed by atoms with Gasteiger partial charge in [-0.15, -0.1) is 0 Å². The summed E-state index contributed by atoms with van der Waals surface area (Å²) in [6.45, 7) is 0.607. The molecule has 0 amide bonds. The molecule has 2 rings (SSSR count). The first-order chi connectivity index (χ1) is 7.81. The van der Waals surface area contributed by atoms with Gasteiger partial charge in [-0.2, -0.15) is 4.39 Å². The van der Waals surface area contributed by atoms with Crippen molar-refractivity contribution < 1.29 is 9.50 Å². The molecule has 1 aliphatic rings. The standard InChI is InChI=1S/C12H17FN2O/c13-11-6-3-7-12(14-11)15(8-9-16)10-4-1-2-5-10/h3,6-7,10,16H,1-2,4-5,8-9H2. The van der Waals surface area contributed by atoms with Crippen LogP contribution in [-0.4, -0.2) is 29.3 Å². The van der Waals surface area contributed by atoms with Crippen LogP contribution in [0.15, 0.2) is 18.2 Å². The van der Waals surface area contributed by atoms with Crippen molar-refractivity contribution in [2.75, 3.05) is 18.1 Å². The Hall–Kier alpha value is -1.16. The molecule has 0 atom stereocenters. The van der Waals surface area contributed by atoms with E-state index in [-0.39, 0.29) is 6.61 Å². The Morgan fingerprint density at radius 3 is 2.75 bits per heavy atom. The van der Waals surface area contributed by atoms with E-state index in [1.165, 1.54) is 18.9 Å². The van der Waals surface area contributed by atoms with Crippen LogP contribution in [0, 0.1) is 5.95 Å². The monoisotopic (exact) mass is 224 g/mol. The average Bonchev–Trinajstić information content (AvgIpc) is 2.79. The zero-order valence-electron chi connectivity index (χ0n) is 9.27. The maximum absolute atomic E-state index is 13.1. The summed E-state index contributed by atoms with van der Waals surface area (Å²) in [6, 6.07) is 5.21. The van der Waals surface area contributed by atoms with Gasteiger partial charge in [0.25, 0.3) is 0 Å². The minimum Gasteiger partial charge on any atom is -0.395 e. The van der Waals surface area contributed by atoms with E-state index in [1.807, 2.05) is 4.90 Å². The molecule has 1 fully saturated rings. The van der Waals surface area contributed by atoms with Gasteiger partial charge in [0.1, 0.15) is 5.82 Å². The highest BCUT2D eigenvalue weighted by Crippen LogP contribution is 2.26. The minimum absolute atomic E-state index is 0.0781. The lowest BCUT2D eigenvalue weighted by Gasteiger charge is -2.29. The Balaban J connectivity index is 2.17. The normalized spacial score (nSPS) is 16.6. The minimum atomic E-state index is -0.460. The van der Waals surface area contributed by atoms with Gasteiger partial charge in [0, 0.05) is 12.6 Å². The van der Waals surface area contributed by atoms with Crippen LogP contribution in [0.5, 0.6) is 0 Å². The summed E-state index contributed by atoms with van der Waals surface area (Å²) in [5, 5.41) is 9.06. The molecule has 0 unspecified atom stereocenters. The number of halogens is 1. The Morgan fingerprint density at radius 2 is 2.12 bits per heavy atom. The van der Waals surface area contributed by atoms with Crippen LogP contribution in [0.1, 0.15) is 25.7 Å². The van der Waals surface area contributed by atoms with Crippen molar-refractivity contribution >= 4 is 5.82 Å². The number of aliphatic hydroxyl groups is 1. The summed E-state index contributed by atoms with van der Waals surface area (Å²) in [7, 11) is 0. The van der Waals surface area contributed by atoms with Crippen LogP contribution in [-0.2, 0) is 0 Å². The van der Waals surface area contributed by atoms with Gasteiger partial charge < -0.3 is 10.0 Å². The fourth-order valence-corrected chi connectivity index (χ4v) is 2.37. The first kappa shape index (κ1) is 11.3. The van der Waals surface area contributed by atoms with Crippen molar-refractivity contribution in [3.8, 4) is 0 Å². The molecule has 1 aromatic rings. The molecular formula is C12H17FN2O. The second-order valence-electron chi connectivity index (χ2n) is 4.17. The van der Waals surface area contributed by atoms with Gasteiger partial charge in [0.05, 0.1) is 6.61 Å². The lowest BCUT2D eigenvalue weighted by Crippen LogP contribution is -2.36. The second-order valence-corrected chi connectivity index (χ2v) is 4.17. The highest BCUT2D eigenvalue weighted by Gasteiger charge is 2.23. The molecule has 0 saturated heterocycles. The van der Waals surface area contributed by atoms with Gasteiger partial charge in [0.2, 0.25) is 5.95 Å². The fourth-order valence-electron chi connectivity index (χ4n) is 2.37. The third kappa shape index (κ3) is 2.50. The van der Waals surface area contributed by atoms with Gasteiger partial charge in [-0.1, -0.05) is 18.9 Å². The lowest BCUT2D eigenvalue weighted by molar-refractivity contribution is 0.296. The van der Waals surface area contributed by atoms with Gasteiger partial charge in [-0.05, 0) is 25.0 Å². The van der Waals surface area contributed by atoms with Crippen molar-refractivity contribution in [1.82, 2.24) is 4.98 Å². The van der Waals surface area contributed by atoms with E-state index in [4.69, 9.17) is 5.11 Å². The van der Waals surface area contributed by atoms with Crippen molar-refractivity contribution in [2.45, 2.75) is 31.7 Å². The van der Waals surface area contributed by atoms with Crippen LogP contribution in [0.2, 0.25) is 0 Å². The van der Waals surface area contributed by atoms with Crippen LogP contribution < -0.4 is 4.90 Å². The van der Waals surface area contributed by atoms with Crippen molar-refractivity contribution in [2.24, 2.45) is 0 Å². The quantitative estimate of drug-likeness (QED) is 0.794. The SMILES string of the molecule is OCCN(c1cccc(F)n1)C1CCCC1. The number of hydrogen-bond acceptors (Lipinski definition) is 3. The van der Waals surface area contributed by atoms with Crippen LogP contribution in [0.4, 0.5) is 10.2 Å². The Kier molecular flexibility index (Phi) is 3.72. The molecule has 3 nitrogen and oxygen atoms in total. The summed E-state index contributed by atoms with van der Waals surface area (Å²) < 4.78 is 13.1. The number of hydrogen-bond donors (Lipinski definition) is 1. The molecule has 1 saturated carbocycles. The largest absolute Gasteiger partial charge is 0.395 e. The number of nitrogens with zero attached hydrogens (tertiary/aromatic N) is 2. The topological polar surface area (TPSA) is 36.4 Å². The maximum atomic E-state index is 13.1. The van der Waals surface area contributed by atoms with Crippen molar-refractivity contribution in [1.29, 1.82) is 0 Å². The summed E-state index contributed by atoms with van der Waals surface area (Å²) in [6.07, 6.45) is 4.64. The molecule has 1 aliphatic carbocycles. The first-order valence-corrected chi connectivity index (χ1v) is 5.81. The fraction of sp³-hybridized carbons (Fsp3) is 0.583. The third-order valence-corrected chi connectivity index (χ3v) is 3.10. The molecule has 4 heteroatoms. The lowest BCUT2D eigenvalue weighted by atomic mass is 10.2. The van der Waals surface area contributed by atoms with Gasteiger partial charge in [-0.25, -0.2) is 4.98 Å². The maximum Gasteiger partial charge on any atom is 0.214 e. The number of rotatable bonds is 4. The molecule has 1 aromatic heterocycles. The van der Waals surface area contributed by atoms with E-state index >= 15 is 0 Å². The van der Waals surface area contributed by atoms with Gasteiger partial charge >= 0.3 is 0 Å². The third-order valence-electron chi connectivity index (χ3n) is 3.10. The van der Waals surface area contributed by atoms with Gasteiger partial charge in [0.15, 0.2) is 0 Å². The molecule has 1 N–H and O–H groups in total. The predicted octanol–water partition coefficient (Wildman–Crippen LogP) is 1.96. The highest BCUT2D eigenvalue weighted by atomic mass is 19.1. The number of aromatic nitrogens is 1. The molecule has 16 heavy (non-hydrogen) atoms. The average molecular weight is 224 g/mol. The number of aliphatic hydroxyl groups excluding tert-OH is 1. The number of pyridine rings is 1. The van der Waals surface area contributed by atoms with E-state index in [0.717, 1.165) is 12.8 Å². The second kappa shape index (κ2) is 5.25.